The van der Waals surface area contributed by atoms with Crippen molar-refractivity contribution in [2.45, 2.75) is 13.5 Å². The molecule has 0 saturated heterocycles. The molecule has 0 aliphatic rings. The average Bonchev–Trinajstić information content (AvgIpc) is 2.83. The van der Waals surface area contributed by atoms with Gasteiger partial charge < -0.3 is 8.98 Å². The highest BCUT2D eigenvalue weighted by Gasteiger charge is 2.06. The number of rotatable bonds is 2. The normalized spacial score (nSPS) is 10.9. The molecule has 3 aromatic rings. The van der Waals surface area contributed by atoms with Gasteiger partial charge in [0.15, 0.2) is 0 Å². The van der Waals surface area contributed by atoms with Crippen LogP contribution in [-0.2, 0) is 6.54 Å². The van der Waals surface area contributed by atoms with Gasteiger partial charge in [0, 0.05) is 30.4 Å². The minimum absolute atomic E-state index is 0.318. The van der Waals surface area contributed by atoms with Gasteiger partial charge in [-0.05, 0) is 24.6 Å². The molecule has 3 rings (SSSR count). The van der Waals surface area contributed by atoms with E-state index in [1.54, 1.807) is 18.6 Å². The van der Waals surface area contributed by atoms with Crippen molar-refractivity contribution in [2.24, 2.45) is 0 Å². The Balaban J connectivity index is 2.20. The molecule has 90 valence electrons. The van der Waals surface area contributed by atoms with E-state index in [0.717, 1.165) is 16.5 Å². The minimum atomic E-state index is -0.318. The van der Waals surface area contributed by atoms with Gasteiger partial charge in [-0.25, -0.2) is 9.78 Å². The third kappa shape index (κ3) is 1.93. The molecular weight excluding hydrogens is 228 g/mol. The quantitative estimate of drug-likeness (QED) is 0.646. The highest BCUT2D eigenvalue weighted by atomic mass is 16.4. The van der Waals surface area contributed by atoms with E-state index in [-0.39, 0.29) is 5.63 Å². The summed E-state index contributed by atoms with van der Waals surface area (Å²) < 4.78 is 7.12. The summed E-state index contributed by atoms with van der Waals surface area (Å²) in [6.45, 7) is 2.64. The summed E-state index contributed by atoms with van der Waals surface area (Å²) in [5.41, 5.74) is 2.40. The van der Waals surface area contributed by atoms with E-state index in [1.807, 2.05) is 35.9 Å². The first-order chi connectivity index (χ1) is 8.72. The van der Waals surface area contributed by atoms with Gasteiger partial charge >= 0.3 is 5.63 Å². The fourth-order valence-electron chi connectivity index (χ4n) is 2.05. The zero-order valence-electron chi connectivity index (χ0n) is 9.96. The number of benzene rings is 1. The Hall–Kier alpha value is -2.36. The summed E-state index contributed by atoms with van der Waals surface area (Å²) in [6.07, 6.45) is 5.32. The van der Waals surface area contributed by atoms with E-state index in [2.05, 4.69) is 4.98 Å². The molecule has 0 radical (unpaired) electrons. The average molecular weight is 240 g/mol. The van der Waals surface area contributed by atoms with E-state index in [9.17, 15) is 4.79 Å². The molecule has 1 aromatic carbocycles. The van der Waals surface area contributed by atoms with Gasteiger partial charge in [-0.3, -0.25) is 0 Å². The van der Waals surface area contributed by atoms with Crippen LogP contribution in [0.4, 0.5) is 0 Å². The largest absolute Gasteiger partial charge is 0.423 e. The predicted molar refractivity (Wildman–Crippen MR) is 68.6 cm³/mol. The topological polar surface area (TPSA) is 48.0 Å². The fourth-order valence-corrected chi connectivity index (χ4v) is 2.05. The van der Waals surface area contributed by atoms with E-state index in [4.69, 9.17) is 4.42 Å². The van der Waals surface area contributed by atoms with E-state index in [0.29, 0.717) is 12.1 Å². The molecule has 4 heteroatoms. The molecule has 0 N–H and O–H groups in total. The number of hydrogen-bond donors (Lipinski definition) is 0. The fraction of sp³-hybridized carbons (Fsp3) is 0.143. The number of aromatic nitrogens is 2. The van der Waals surface area contributed by atoms with Crippen molar-refractivity contribution >= 4 is 11.0 Å². The first-order valence-electron chi connectivity index (χ1n) is 5.71. The van der Waals surface area contributed by atoms with Gasteiger partial charge in [0.2, 0.25) is 0 Å². The Bertz CT molecular complexity index is 742. The van der Waals surface area contributed by atoms with Crippen molar-refractivity contribution in [3.05, 3.63) is 64.5 Å². The van der Waals surface area contributed by atoms with Gasteiger partial charge in [0.05, 0.1) is 6.33 Å². The maximum Gasteiger partial charge on any atom is 0.336 e. The van der Waals surface area contributed by atoms with Crippen LogP contribution in [0.3, 0.4) is 0 Å². The van der Waals surface area contributed by atoms with Crippen LogP contribution in [0, 0.1) is 6.92 Å². The zero-order chi connectivity index (χ0) is 12.5. The molecule has 18 heavy (non-hydrogen) atoms. The van der Waals surface area contributed by atoms with Gasteiger partial charge in [0.25, 0.3) is 0 Å². The summed E-state index contributed by atoms with van der Waals surface area (Å²) in [4.78, 5) is 15.5. The molecule has 0 unspecified atom stereocenters. The molecule has 0 bridgehead atoms. The van der Waals surface area contributed by atoms with E-state index in [1.165, 1.54) is 0 Å². The molecular formula is C14H12N2O2. The summed E-state index contributed by atoms with van der Waals surface area (Å²) >= 11 is 0. The predicted octanol–water partition coefficient (Wildman–Crippen LogP) is 2.35. The Morgan fingerprint density at radius 1 is 1.33 bits per heavy atom. The van der Waals surface area contributed by atoms with Crippen LogP contribution in [-0.4, -0.2) is 9.55 Å². The van der Waals surface area contributed by atoms with Gasteiger partial charge in [-0.1, -0.05) is 11.6 Å². The lowest BCUT2D eigenvalue weighted by atomic mass is 10.1. The first-order valence-corrected chi connectivity index (χ1v) is 5.71. The Kier molecular flexibility index (Phi) is 2.48. The van der Waals surface area contributed by atoms with Crippen LogP contribution >= 0.6 is 0 Å². The second-order valence-corrected chi connectivity index (χ2v) is 4.33. The SMILES string of the molecule is Cc1ccc2oc(=O)cc(Cn3ccnc3)c2c1. The highest BCUT2D eigenvalue weighted by molar-refractivity contribution is 5.80. The van der Waals surface area contributed by atoms with Gasteiger partial charge in [-0.2, -0.15) is 0 Å². The van der Waals surface area contributed by atoms with Crippen molar-refractivity contribution in [1.82, 2.24) is 9.55 Å². The number of imidazole rings is 1. The van der Waals surface area contributed by atoms with Crippen LogP contribution in [0.2, 0.25) is 0 Å². The maximum absolute atomic E-state index is 11.5. The second-order valence-electron chi connectivity index (χ2n) is 4.33. The molecule has 2 aromatic heterocycles. The number of hydrogen-bond acceptors (Lipinski definition) is 3. The summed E-state index contributed by atoms with van der Waals surface area (Å²) in [5.74, 6) is 0. The number of fused-ring (bicyclic) bond motifs is 1. The first kappa shape index (κ1) is 10.8. The molecule has 0 spiro atoms. The summed E-state index contributed by atoms with van der Waals surface area (Å²) in [6, 6.07) is 7.35. The smallest absolute Gasteiger partial charge is 0.336 e. The van der Waals surface area contributed by atoms with Crippen LogP contribution in [0.5, 0.6) is 0 Å². The summed E-state index contributed by atoms with van der Waals surface area (Å²) in [5, 5.41) is 0.975. The lowest BCUT2D eigenvalue weighted by Gasteiger charge is -2.06. The lowest BCUT2D eigenvalue weighted by molar-refractivity contribution is 0.557. The second kappa shape index (κ2) is 4.14. The van der Waals surface area contributed by atoms with Gasteiger partial charge in [0.1, 0.15) is 5.58 Å². The molecule has 0 aliphatic heterocycles. The standard InChI is InChI=1S/C14H12N2O2/c1-10-2-3-13-12(6-10)11(7-14(17)18-13)8-16-5-4-15-9-16/h2-7,9H,8H2,1H3. The van der Waals surface area contributed by atoms with Crippen molar-refractivity contribution in [3.8, 4) is 0 Å². The molecule has 0 amide bonds. The maximum atomic E-state index is 11.5. The number of aryl methyl sites for hydroxylation is 1. The Labute approximate surface area is 104 Å². The third-order valence-electron chi connectivity index (χ3n) is 2.90. The van der Waals surface area contributed by atoms with Crippen LogP contribution in [0.25, 0.3) is 11.0 Å². The van der Waals surface area contributed by atoms with Crippen molar-refractivity contribution < 1.29 is 4.42 Å². The summed E-state index contributed by atoms with van der Waals surface area (Å²) in [7, 11) is 0. The molecule has 2 heterocycles. The molecule has 0 fully saturated rings. The molecule has 0 saturated carbocycles. The van der Waals surface area contributed by atoms with Gasteiger partial charge in [-0.15, -0.1) is 0 Å². The van der Waals surface area contributed by atoms with Crippen molar-refractivity contribution in [2.75, 3.05) is 0 Å². The van der Waals surface area contributed by atoms with E-state index >= 15 is 0 Å². The van der Waals surface area contributed by atoms with Crippen molar-refractivity contribution in [1.29, 1.82) is 0 Å². The Morgan fingerprint density at radius 3 is 3.00 bits per heavy atom. The van der Waals surface area contributed by atoms with Crippen LogP contribution < -0.4 is 5.63 Å². The molecule has 0 aliphatic carbocycles. The molecule has 0 atom stereocenters. The molecule has 4 nitrogen and oxygen atoms in total. The zero-order valence-corrected chi connectivity index (χ0v) is 9.96. The lowest BCUT2D eigenvalue weighted by Crippen LogP contribution is -2.04. The Morgan fingerprint density at radius 2 is 2.22 bits per heavy atom. The minimum Gasteiger partial charge on any atom is -0.423 e. The third-order valence-corrected chi connectivity index (χ3v) is 2.90. The number of nitrogens with zero attached hydrogens (tertiary/aromatic N) is 2. The van der Waals surface area contributed by atoms with Crippen LogP contribution in [0.1, 0.15) is 11.1 Å². The van der Waals surface area contributed by atoms with E-state index < -0.39 is 0 Å². The van der Waals surface area contributed by atoms with Crippen LogP contribution in [0.15, 0.2) is 52.2 Å². The monoisotopic (exact) mass is 240 g/mol. The van der Waals surface area contributed by atoms with Crippen molar-refractivity contribution in [3.63, 3.8) is 0 Å². The highest BCUT2D eigenvalue weighted by Crippen LogP contribution is 2.19.